The van der Waals surface area contributed by atoms with Gasteiger partial charge in [-0.1, -0.05) is 0 Å². The number of hydrogen-bond donors (Lipinski definition) is 2. The molecule has 0 spiro atoms. The van der Waals surface area contributed by atoms with Crippen molar-refractivity contribution in [3.8, 4) is 0 Å². The molecule has 0 aliphatic carbocycles. The summed E-state index contributed by atoms with van der Waals surface area (Å²) in [6.45, 7) is 15.2. The molecule has 0 bridgehead atoms. The normalized spacial score (nSPS) is 13.4. The van der Waals surface area contributed by atoms with Crippen LogP contribution in [0.4, 0.5) is 0 Å². The molecule has 0 saturated heterocycles. The van der Waals surface area contributed by atoms with Gasteiger partial charge in [0.25, 0.3) is 0 Å². The monoisotopic (exact) mass is 264 g/mol. The lowest BCUT2D eigenvalue weighted by atomic mass is 10.1. The molecule has 0 unspecified atom stereocenters. The molecule has 2 N–H and O–H groups in total. The smallest absolute Gasteiger partial charge is 0.370 e. The average molecular weight is 264 g/mol. The highest BCUT2D eigenvalue weighted by molar-refractivity contribution is 6.61. The van der Waals surface area contributed by atoms with Gasteiger partial charge in [0.1, 0.15) is 0 Å². The van der Waals surface area contributed by atoms with Crippen molar-refractivity contribution in [1.82, 2.24) is 10.1 Å². The third-order valence-electron chi connectivity index (χ3n) is 1.66. The van der Waals surface area contributed by atoms with Crippen LogP contribution < -0.4 is 10.1 Å². The summed E-state index contributed by atoms with van der Waals surface area (Å²) < 4.78 is 11.5. The Balaban J connectivity index is 4.71. The molecule has 0 aromatic carbocycles. The van der Waals surface area contributed by atoms with Crippen molar-refractivity contribution in [1.29, 1.82) is 0 Å². The Labute approximate surface area is 107 Å². The molecular formula is C11H28N2O3Si. The van der Waals surface area contributed by atoms with Crippen molar-refractivity contribution in [2.75, 3.05) is 13.2 Å². The van der Waals surface area contributed by atoms with Crippen molar-refractivity contribution in [2.45, 2.75) is 60.1 Å². The summed E-state index contributed by atoms with van der Waals surface area (Å²) in [6, 6.07) is 0. The van der Waals surface area contributed by atoms with Crippen LogP contribution in [0.1, 0.15) is 48.5 Å². The van der Waals surface area contributed by atoms with Crippen molar-refractivity contribution < 1.29 is 13.7 Å². The summed E-state index contributed by atoms with van der Waals surface area (Å²) in [5.41, 5.74) is -0.107. The molecule has 6 heteroatoms. The lowest BCUT2D eigenvalue weighted by Crippen LogP contribution is -2.71. The van der Waals surface area contributed by atoms with Gasteiger partial charge in [0, 0.05) is 18.8 Å². The van der Waals surface area contributed by atoms with E-state index in [4.69, 9.17) is 13.7 Å². The van der Waals surface area contributed by atoms with E-state index < -0.39 is 8.88 Å². The predicted molar refractivity (Wildman–Crippen MR) is 71.3 cm³/mol. The topological polar surface area (TPSA) is 51.8 Å². The van der Waals surface area contributed by atoms with Crippen LogP contribution in [-0.2, 0) is 13.7 Å². The Morgan fingerprint density at radius 2 is 1.53 bits per heavy atom. The molecule has 104 valence electrons. The molecule has 0 rings (SSSR count). The summed E-state index contributed by atoms with van der Waals surface area (Å²) in [4.78, 5) is 8.84. The van der Waals surface area contributed by atoms with Crippen molar-refractivity contribution in [3.63, 3.8) is 0 Å². The van der Waals surface area contributed by atoms with Gasteiger partial charge in [0.15, 0.2) is 0 Å². The molecule has 0 aliphatic rings. The third-order valence-corrected chi connectivity index (χ3v) is 4.52. The Kier molecular flexibility index (Phi) is 7.46. The molecule has 0 fully saturated rings. The highest BCUT2D eigenvalue weighted by atomic mass is 28.4. The average Bonchev–Trinajstić information content (AvgIpc) is 2.13. The van der Waals surface area contributed by atoms with Gasteiger partial charge in [-0.2, -0.15) is 5.15 Å². The molecule has 0 saturated carbocycles. The van der Waals surface area contributed by atoms with Crippen molar-refractivity contribution >= 4 is 8.88 Å². The number of rotatable bonds is 8. The minimum Gasteiger partial charge on any atom is -0.370 e. The van der Waals surface area contributed by atoms with E-state index >= 15 is 0 Å². The minimum atomic E-state index is -2.72. The van der Waals surface area contributed by atoms with Crippen molar-refractivity contribution in [2.24, 2.45) is 0 Å². The fraction of sp³-hybridized carbons (Fsp3) is 1.00. The maximum atomic E-state index is 5.77. The fourth-order valence-corrected chi connectivity index (χ4v) is 3.88. The first-order valence-electron chi connectivity index (χ1n) is 6.24. The first-order valence-corrected chi connectivity index (χ1v) is 8.06. The maximum absolute atomic E-state index is 5.77. The Bertz CT molecular complexity index is 201. The van der Waals surface area contributed by atoms with Gasteiger partial charge in [-0.05, 0) is 48.5 Å². The second-order valence-corrected chi connectivity index (χ2v) is 7.39. The van der Waals surface area contributed by atoms with Crippen LogP contribution in [-0.4, -0.2) is 33.7 Å². The van der Waals surface area contributed by atoms with Crippen LogP contribution in [0.15, 0.2) is 0 Å². The number of nitrogens with one attached hydrogen (secondary N) is 2. The molecule has 0 amide bonds. The van der Waals surface area contributed by atoms with E-state index in [9.17, 15) is 0 Å². The van der Waals surface area contributed by atoms with E-state index in [1.165, 1.54) is 0 Å². The first kappa shape index (κ1) is 17.0. The Hall–Kier alpha value is 0.0169. The molecule has 0 radical (unpaired) electrons. The fourth-order valence-electron chi connectivity index (χ4n) is 1.29. The summed E-state index contributed by atoms with van der Waals surface area (Å²) in [7, 11) is -2.72. The maximum Gasteiger partial charge on any atom is 0.541 e. The molecule has 0 aromatic heterocycles. The minimum absolute atomic E-state index is 0.0737. The van der Waals surface area contributed by atoms with Gasteiger partial charge < -0.3 is 13.7 Å². The largest absolute Gasteiger partial charge is 0.541 e. The summed E-state index contributed by atoms with van der Waals surface area (Å²) in [5, 5.41) is 2.97. The van der Waals surface area contributed by atoms with Gasteiger partial charge in [-0.15, -0.1) is 0 Å². The zero-order valence-corrected chi connectivity index (χ0v) is 13.2. The van der Waals surface area contributed by atoms with Gasteiger partial charge in [0.05, 0.1) is 6.10 Å². The van der Waals surface area contributed by atoms with E-state index in [2.05, 4.69) is 30.9 Å². The first-order chi connectivity index (χ1) is 7.74. The summed E-state index contributed by atoms with van der Waals surface area (Å²) in [5.74, 6) is 0. The summed E-state index contributed by atoms with van der Waals surface area (Å²) in [6.07, 6.45) is 0.0737. The molecular weight excluding hydrogens is 236 g/mol. The molecule has 5 nitrogen and oxygen atoms in total. The molecule has 0 aromatic rings. The summed E-state index contributed by atoms with van der Waals surface area (Å²) >= 11 is 0. The van der Waals surface area contributed by atoms with Gasteiger partial charge >= 0.3 is 8.88 Å². The quantitative estimate of drug-likeness (QED) is 0.517. The third kappa shape index (κ3) is 7.85. The van der Waals surface area contributed by atoms with E-state index in [1.807, 2.05) is 27.7 Å². The van der Waals surface area contributed by atoms with Crippen LogP contribution in [0.25, 0.3) is 0 Å². The van der Waals surface area contributed by atoms with Crippen molar-refractivity contribution in [3.05, 3.63) is 0 Å². The van der Waals surface area contributed by atoms with Gasteiger partial charge in [0.2, 0.25) is 0 Å². The molecule has 0 heterocycles. The SMILES string of the molecule is CCO[Si](NOC(C)C)(NC(C)(C)C)OCC. The number of hydrogen-bond acceptors (Lipinski definition) is 5. The van der Waals surface area contributed by atoms with Crippen LogP contribution in [0.2, 0.25) is 0 Å². The van der Waals surface area contributed by atoms with E-state index in [-0.39, 0.29) is 11.6 Å². The molecule has 0 atom stereocenters. The Morgan fingerprint density at radius 3 is 1.82 bits per heavy atom. The van der Waals surface area contributed by atoms with Crippen LogP contribution in [0, 0.1) is 0 Å². The lowest BCUT2D eigenvalue weighted by molar-refractivity contribution is -0.0102. The molecule has 17 heavy (non-hydrogen) atoms. The zero-order valence-electron chi connectivity index (χ0n) is 12.2. The lowest BCUT2D eigenvalue weighted by Gasteiger charge is -2.36. The van der Waals surface area contributed by atoms with E-state index in [1.54, 1.807) is 0 Å². The highest BCUT2D eigenvalue weighted by Crippen LogP contribution is 2.09. The Morgan fingerprint density at radius 1 is 1.06 bits per heavy atom. The highest BCUT2D eigenvalue weighted by Gasteiger charge is 2.43. The van der Waals surface area contributed by atoms with Gasteiger partial charge in [-0.25, -0.2) is 0 Å². The molecule has 0 aliphatic heterocycles. The zero-order chi connectivity index (χ0) is 13.5. The van der Waals surface area contributed by atoms with Crippen LogP contribution in [0.3, 0.4) is 0 Å². The standard InChI is InChI=1S/C11H28N2O3Si/c1-8-14-17(15-9-2,12-11(5,6)7)13-16-10(3)4/h10,12-13H,8-9H2,1-7H3. The van der Waals surface area contributed by atoms with Crippen LogP contribution >= 0.6 is 0 Å². The predicted octanol–water partition coefficient (Wildman–Crippen LogP) is 1.81. The van der Waals surface area contributed by atoms with Gasteiger partial charge in [-0.3, -0.25) is 4.98 Å². The second kappa shape index (κ2) is 7.45. The van der Waals surface area contributed by atoms with Crippen LogP contribution in [0.5, 0.6) is 0 Å². The van der Waals surface area contributed by atoms with E-state index in [0.717, 1.165) is 0 Å². The van der Waals surface area contributed by atoms with E-state index in [0.29, 0.717) is 13.2 Å². The second-order valence-electron chi connectivity index (χ2n) is 5.13.